The van der Waals surface area contributed by atoms with Crippen LogP contribution in [0.15, 0.2) is 36.7 Å². The number of hydrogen-bond donors (Lipinski definition) is 2. The topological polar surface area (TPSA) is 60.7 Å². The van der Waals surface area contributed by atoms with Gasteiger partial charge in [-0.25, -0.2) is 4.39 Å². The number of anilines is 3. The fourth-order valence-electron chi connectivity index (χ4n) is 1.65. The van der Waals surface area contributed by atoms with Crippen LogP contribution in [-0.2, 0) is 0 Å². The zero-order valence-corrected chi connectivity index (χ0v) is 10.4. The maximum Gasteiger partial charge on any atom is 0.147 e. The number of nitrogens with zero attached hydrogens (tertiary/aromatic N) is 2. The number of nitriles is 1. The summed E-state index contributed by atoms with van der Waals surface area (Å²) in [5.41, 5.74) is 2.15. The molecule has 5 heteroatoms. The van der Waals surface area contributed by atoms with E-state index in [2.05, 4.69) is 15.6 Å². The van der Waals surface area contributed by atoms with Gasteiger partial charge in [0.1, 0.15) is 5.82 Å². The van der Waals surface area contributed by atoms with Crippen LogP contribution >= 0.6 is 0 Å². The summed E-state index contributed by atoms with van der Waals surface area (Å²) in [5, 5.41) is 14.7. The Bertz CT molecular complexity index is 619. The van der Waals surface area contributed by atoms with Gasteiger partial charge in [0.25, 0.3) is 0 Å². The highest BCUT2D eigenvalue weighted by Crippen LogP contribution is 2.22. The molecule has 0 saturated carbocycles. The summed E-state index contributed by atoms with van der Waals surface area (Å²) >= 11 is 0. The van der Waals surface area contributed by atoms with Gasteiger partial charge >= 0.3 is 0 Å². The molecule has 0 radical (unpaired) electrons. The van der Waals surface area contributed by atoms with Crippen molar-refractivity contribution in [1.29, 1.82) is 5.26 Å². The Morgan fingerprint density at radius 1 is 1.26 bits per heavy atom. The van der Waals surface area contributed by atoms with Gasteiger partial charge in [-0.3, -0.25) is 4.98 Å². The summed E-state index contributed by atoms with van der Waals surface area (Å²) in [7, 11) is 0. The maximum absolute atomic E-state index is 13.7. The highest BCUT2D eigenvalue weighted by molar-refractivity contribution is 5.64. The molecule has 0 aliphatic rings. The zero-order valence-electron chi connectivity index (χ0n) is 10.4. The average Bonchev–Trinajstić information content (AvgIpc) is 2.42. The average molecular weight is 256 g/mol. The van der Waals surface area contributed by atoms with Gasteiger partial charge in [-0.15, -0.1) is 0 Å². The molecular formula is C14H13FN4. The summed E-state index contributed by atoms with van der Waals surface area (Å²) in [6, 6.07) is 8.03. The van der Waals surface area contributed by atoms with Crippen molar-refractivity contribution >= 4 is 17.1 Å². The molecule has 1 aromatic heterocycles. The molecule has 1 heterocycles. The fraction of sp³-hybridized carbons (Fsp3) is 0.143. The van der Waals surface area contributed by atoms with E-state index < -0.39 is 5.82 Å². The van der Waals surface area contributed by atoms with Crippen molar-refractivity contribution < 1.29 is 4.39 Å². The molecule has 0 atom stereocenters. The molecule has 2 N–H and O–H groups in total. The van der Waals surface area contributed by atoms with E-state index in [9.17, 15) is 4.39 Å². The van der Waals surface area contributed by atoms with Crippen LogP contribution in [0.3, 0.4) is 0 Å². The third-order valence-corrected chi connectivity index (χ3v) is 2.50. The number of benzene rings is 1. The highest BCUT2D eigenvalue weighted by atomic mass is 19.1. The van der Waals surface area contributed by atoms with E-state index in [1.54, 1.807) is 18.5 Å². The molecule has 0 bridgehead atoms. The maximum atomic E-state index is 13.7. The van der Waals surface area contributed by atoms with E-state index in [1.807, 2.05) is 19.1 Å². The lowest BCUT2D eigenvalue weighted by molar-refractivity contribution is 0.631. The van der Waals surface area contributed by atoms with Crippen LogP contribution in [0.25, 0.3) is 0 Å². The number of pyridine rings is 1. The summed E-state index contributed by atoms with van der Waals surface area (Å²) in [5.74, 6) is -0.465. The molecule has 0 aliphatic carbocycles. The lowest BCUT2D eigenvalue weighted by Crippen LogP contribution is -1.99. The predicted molar refractivity (Wildman–Crippen MR) is 72.8 cm³/mol. The van der Waals surface area contributed by atoms with E-state index in [1.165, 1.54) is 12.1 Å². The van der Waals surface area contributed by atoms with E-state index >= 15 is 0 Å². The van der Waals surface area contributed by atoms with Crippen LogP contribution in [0.4, 0.5) is 21.5 Å². The van der Waals surface area contributed by atoms with Crippen molar-refractivity contribution in [3.05, 3.63) is 48.0 Å². The number of rotatable bonds is 4. The fourth-order valence-corrected chi connectivity index (χ4v) is 1.65. The standard InChI is InChI=1S/C14H13FN4/c1-2-18-11-6-12(9-17-8-11)19-14-4-3-10(7-16)5-13(14)15/h3-6,8-9,18-19H,2H2,1H3. The van der Waals surface area contributed by atoms with Gasteiger partial charge in [0, 0.05) is 6.54 Å². The van der Waals surface area contributed by atoms with Gasteiger partial charge in [0.2, 0.25) is 0 Å². The SMILES string of the molecule is CCNc1cncc(Nc2ccc(C#N)cc2F)c1. The van der Waals surface area contributed by atoms with E-state index in [-0.39, 0.29) is 0 Å². The first-order valence-electron chi connectivity index (χ1n) is 5.88. The van der Waals surface area contributed by atoms with Crippen LogP contribution in [0.1, 0.15) is 12.5 Å². The van der Waals surface area contributed by atoms with Gasteiger partial charge in [-0.05, 0) is 31.2 Å². The Morgan fingerprint density at radius 2 is 2.05 bits per heavy atom. The minimum Gasteiger partial charge on any atom is -0.384 e. The summed E-state index contributed by atoms with van der Waals surface area (Å²) < 4.78 is 13.7. The second-order valence-electron chi connectivity index (χ2n) is 3.92. The Kier molecular flexibility index (Phi) is 3.94. The number of halogens is 1. The Labute approximate surface area is 110 Å². The molecule has 0 fully saturated rings. The van der Waals surface area contributed by atoms with Gasteiger partial charge in [-0.2, -0.15) is 5.26 Å². The monoisotopic (exact) mass is 256 g/mol. The van der Waals surface area contributed by atoms with Gasteiger partial charge in [0.15, 0.2) is 0 Å². The normalized spacial score (nSPS) is 9.74. The number of nitrogens with one attached hydrogen (secondary N) is 2. The lowest BCUT2D eigenvalue weighted by atomic mass is 10.2. The molecule has 0 saturated heterocycles. The molecule has 4 nitrogen and oxygen atoms in total. The Morgan fingerprint density at radius 3 is 2.74 bits per heavy atom. The molecule has 0 amide bonds. The summed E-state index contributed by atoms with van der Waals surface area (Å²) in [6.07, 6.45) is 3.31. The van der Waals surface area contributed by atoms with Crippen molar-refractivity contribution in [3.8, 4) is 6.07 Å². The summed E-state index contributed by atoms with van der Waals surface area (Å²) in [4.78, 5) is 4.06. The van der Waals surface area contributed by atoms with Crippen molar-refractivity contribution in [2.75, 3.05) is 17.2 Å². The molecular weight excluding hydrogens is 243 g/mol. The second kappa shape index (κ2) is 5.83. The van der Waals surface area contributed by atoms with Crippen LogP contribution in [0.5, 0.6) is 0 Å². The van der Waals surface area contributed by atoms with Crippen LogP contribution in [0, 0.1) is 17.1 Å². The second-order valence-corrected chi connectivity index (χ2v) is 3.92. The third-order valence-electron chi connectivity index (χ3n) is 2.50. The smallest absolute Gasteiger partial charge is 0.147 e. The lowest BCUT2D eigenvalue weighted by Gasteiger charge is -2.09. The quantitative estimate of drug-likeness (QED) is 0.881. The van der Waals surface area contributed by atoms with Crippen LogP contribution < -0.4 is 10.6 Å². The molecule has 2 aromatic rings. The largest absolute Gasteiger partial charge is 0.384 e. The Balaban J connectivity index is 2.21. The van der Waals surface area contributed by atoms with Crippen molar-refractivity contribution in [1.82, 2.24) is 4.98 Å². The summed E-state index contributed by atoms with van der Waals surface area (Å²) in [6.45, 7) is 2.77. The third kappa shape index (κ3) is 3.19. The minimum absolute atomic E-state index is 0.294. The number of aromatic nitrogens is 1. The molecule has 1 aromatic carbocycles. The van der Waals surface area contributed by atoms with Crippen LogP contribution in [0.2, 0.25) is 0 Å². The van der Waals surface area contributed by atoms with Gasteiger partial charge < -0.3 is 10.6 Å². The molecule has 0 aliphatic heterocycles. The van der Waals surface area contributed by atoms with Crippen molar-refractivity contribution in [2.45, 2.75) is 6.92 Å². The first kappa shape index (κ1) is 12.8. The highest BCUT2D eigenvalue weighted by Gasteiger charge is 2.04. The van der Waals surface area contributed by atoms with Gasteiger partial charge in [0.05, 0.1) is 41.1 Å². The Hall–Kier alpha value is -2.61. The van der Waals surface area contributed by atoms with Crippen molar-refractivity contribution in [2.24, 2.45) is 0 Å². The molecule has 96 valence electrons. The van der Waals surface area contributed by atoms with Crippen LogP contribution in [-0.4, -0.2) is 11.5 Å². The number of hydrogen-bond acceptors (Lipinski definition) is 4. The molecule has 0 spiro atoms. The zero-order chi connectivity index (χ0) is 13.7. The molecule has 0 unspecified atom stereocenters. The van der Waals surface area contributed by atoms with E-state index in [4.69, 9.17) is 5.26 Å². The minimum atomic E-state index is -0.465. The van der Waals surface area contributed by atoms with E-state index in [0.717, 1.165) is 12.2 Å². The first-order valence-corrected chi connectivity index (χ1v) is 5.88. The van der Waals surface area contributed by atoms with E-state index in [0.29, 0.717) is 16.9 Å². The van der Waals surface area contributed by atoms with Gasteiger partial charge in [-0.1, -0.05) is 0 Å². The van der Waals surface area contributed by atoms with Crippen molar-refractivity contribution in [3.63, 3.8) is 0 Å². The first-order chi connectivity index (χ1) is 9.22. The predicted octanol–water partition coefficient (Wildman–Crippen LogP) is 3.27. The molecule has 19 heavy (non-hydrogen) atoms. The molecule has 2 rings (SSSR count).